The molecule has 0 spiro atoms. The SMILES string of the molecule is CCOC(=O)c1cnc2c3c(C)cc(C)nc3[nH]n2c1=O. The molecular weight excluding hydrogens is 272 g/mol. The largest absolute Gasteiger partial charge is 0.462 e. The number of rotatable bonds is 2. The minimum Gasteiger partial charge on any atom is -0.462 e. The lowest BCUT2D eigenvalue weighted by atomic mass is 10.2. The molecule has 0 aliphatic rings. The van der Waals surface area contributed by atoms with Crippen molar-refractivity contribution < 1.29 is 9.53 Å². The summed E-state index contributed by atoms with van der Waals surface area (Å²) in [5.41, 5.74) is 2.23. The van der Waals surface area contributed by atoms with Crippen LogP contribution in [0.1, 0.15) is 28.5 Å². The van der Waals surface area contributed by atoms with Crippen LogP contribution in [0.5, 0.6) is 0 Å². The van der Waals surface area contributed by atoms with Crippen molar-refractivity contribution in [3.05, 3.63) is 39.4 Å². The number of nitrogens with zero attached hydrogens (tertiary/aromatic N) is 3. The summed E-state index contributed by atoms with van der Waals surface area (Å²) in [7, 11) is 0. The van der Waals surface area contributed by atoms with Crippen LogP contribution in [-0.2, 0) is 4.74 Å². The Morgan fingerprint density at radius 3 is 2.90 bits per heavy atom. The van der Waals surface area contributed by atoms with Crippen LogP contribution in [0.15, 0.2) is 17.1 Å². The molecule has 0 unspecified atom stereocenters. The third-order valence-corrected chi connectivity index (χ3v) is 3.24. The summed E-state index contributed by atoms with van der Waals surface area (Å²) in [6, 6.07) is 1.92. The van der Waals surface area contributed by atoms with Gasteiger partial charge in [0, 0.05) is 11.9 Å². The van der Waals surface area contributed by atoms with Crippen LogP contribution in [0.2, 0.25) is 0 Å². The van der Waals surface area contributed by atoms with Crippen LogP contribution in [0.4, 0.5) is 0 Å². The fourth-order valence-electron chi connectivity index (χ4n) is 2.39. The number of ether oxygens (including phenoxy) is 1. The zero-order valence-electron chi connectivity index (χ0n) is 11.9. The van der Waals surface area contributed by atoms with Crippen molar-refractivity contribution in [1.82, 2.24) is 19.6 Å². The molecule has 7 heteroatoms. The molecule has 3 aromatic heterocycles. The Bertz CT molecular complexity index is 923. The lowest BCUT2D eigenvalue weighted by molar-refractivity contribution is 0.0523. The minimum absolute atomic E-state index is 0.102. The first-order chi connectivity index (χ1) is 10.0. The Kier molecular flexibility index (Phi) is 2.97. The lowest BCUT2D eigenvalue weighted by Gasteiger charge is -2.01. The van der Waals surface area contributed by atoms with Gasteiger partial charge in [-0.2, -0.15) is 4.52 Å². The van der Waals surface area contributed by atoms with Crippen LogP contribution in [0.3, 0.4) is 0 Å². The van der Waals surface area contributed by atoms with Crippen molar-refractivity contribution in [3.63, 3.8) is 0 Å². The molecule has 0 bridgehead atoms. The molecule has 7 nitrogen and oxygen atoms in total. The number of fused-ring (bicyclic) bond motifs is 3. The van der Waals surface area contributed by atoms with Gasteiger partial charge in [-0.15, -0.1) is 0 Å². The van der Waals surface area contributed by atoms with Crippen molar-refractivity contribution >= 4 is 22.6 Å². The highest BCUT2D eigenvalue weighted by Gasteiger charge is 2.18. The second-order valence-corrected chi connectivity index (χ2v) is 4.77. The molecule has 0 radical (unpaired) electrons. The van der Waals surface area contributed by atoms with Crippen LogP contribution in [0.25, 0.3) is 16.7 Å². The molecule has 1 N–H and O–H groups in total. The van der Waals surface area contributed by atoms with Gasteiger partial charge in [-0.05, 0) is 32.4 Å². The molecule has 0 aliphatic carbocycles. The number of pyridine rings is 1. The second kappa shape index (κ2) is 4.69. The summed E-state index contributed by atoms with van der Waals surface area (Å²) in [5, 5.41) is 3.66. The molecule has 0 atom stereocenters. The Morgan fingerprint density at radius 2 is 2.19 bits per heavy atom. The molecule has 3 rings (SSSR count). The van der Waals surface area contributed by atoms with E-state index in [1.807, 2.05) is 19.9 Å². The number of aryl methyl sites for hydroxylation is 2. The number of esters is 1. The average Bonchev–Trinajstić information content (AvgIpc) is 2.78. The van der Waals surface area contributed by atoms with Crippen molar-refractivity contribution in [2.45, 2.75) is 20.8 Å². The fraction of sp³-hybridized carbons (Fsp3) is 0.286. The summed E-state index contributed by atoms with van der Waals surface area (Å²) in [4.78, 5) is 32.7. The van der Waals surface area contributed by atoms with Gasteiger partial charge in [0.15, 0.2) is 11.3 Å². The number of carbonyl (C=O) groups excluding carboxylic acids is 1. The summed E-state index contributed by atoms with van der Waals surface area (Å²) in [6.45, 7) is 5.68. The van der Waals surface area contributed by atoms with Crippen molar-refractivity contribution in [2.75, 3.05) is 6.61 Å². The molecule has 21 heavy (non-hydrogen) atoms. The number of aromatic amines is 1. The van der Waals surface area contributed by atoms with E-state index in [1.54, 1.807) is 6.92 Å². The highest BCUT2D eigenvalue weighted by molar-refractivity contribution is 5.94. The smallest absolute Gasteiger partial charge is 0.345 e. The van der Waals surface area contributed by atoms with Crippen LogP contribution < -0.4 is 5.56 Å². The van der Waals surface area contributed by atoms with E-state index < -0.39 is 11.5 Å². The van der Waals surface area contributed by atoms with Crippen molar-refractivity contribution in [3.8, 4) is 0 Å². The molecule has 0 aliphatic heterocycles. The number of aromatic nitrogens is 4. The zero-order valence-corrected chi connectivity index (χ0v) is 11.9. The first kappa shape index (κ1) is 13.3. The number of hydrogen-bond acceptors (Lipinski definition) is 5. The number of hydrogen-bond donors (Lipinski definition) is 1. The Morgan fingerprint density at radius 1 is 1.43 bits per heavy atom. The van der Waals surface area contributed by atoms with Crippen LogP contribution >= 0.6 is 0 Å². The normalized spacial score (nSPS) is 11.2. The van der Waals surface area contributed by atoms with Crippen LogP contribution in [0, 0.1) is 13.8 Å². The monoisotopic (exact) mass is 286 g/mol. The van der Waals surface area contributed by atoms with Gasteiger partial charge in [-0.3, -0.25) is 9.89 Å². The van der Waals surface area contributed by atoms with E-state index in [0.29, 0.717) is 11.3 Å². The van der Waals surface area contributed by atoms with Gasteiger partial charge < -0.3 is 4.74 Å². The summed E-state index contributed by atoms with van der Waals surface area (Å²) < 4.78 is 6.09. The predicted octanol–water partition coefficient (Wildman–Crippen LogP) is 1.36. The molecule has 0 aromatic carbocycles. The number of nitrogens with one attached hydrogen (secondary N) is 1. The third-order valence-electron chi connectivity index (χ3n) is 3.24. The highest BCUT2D eigenvalue weighted by atomic mass is 16.5. The first-order valence-electron chi connectivity index (χ1n) is 6.57. The molecule has 0 fully saturated rings. The summed E-state index contributed by atoms with van der Waals surface area (Å²) in [5.74, 6) is -0.677. The maximum absolute atomic E-state index is 12.4. The first-order valence-corrected chi connectivity index (χ1v) is 6.57. The van der Waals surface area contributed by atoms with E-state index in [0.717, 1.165) is 16.6 Å². The van der Waals surface area contributed by atoms with E-state index in [4.69, 9.17) is 4.74 Å². The lowest BCUT2D eigenvalue weighted by Crippen LogP contribution is -2.24. The van der Waals surface area contributed by atoms with Crippen LogP contribution in [-0.4, -0.2) is 32.2 Å². The topological polar surface area (TPSA) is 89.3 Å². The maximum atomic E-state index is 12.4. The van der Waals surface area contributed by atoms with Crippen molar-refractivity contribution in [1.29, 1.82) is 0 Å². The zero-order chi connectivity index (χ0) is 15.1. The molecule has 0 saturated heterocycles. The van der Waals surface area contributed by atoms with Gasteiger partial charge in [0.25, 0.3) is 5.56 Å². The molecule has 3 aromatic rings. The van der Waals surface area contributed by atoms with Crippen molar-refractivity contribution in [2.24, 2.45) is 0 Å². The Hall–Kier alpha value is -2.70. The van der Waals surface area contributed by atoms with Gasteiger partial charge in [-0.25, -0.2) is 14.8 Å². The molecule has 0 amide bonds. The Balaban J connectivity index is 2.35. The number of carbonyl (C=O) groups is 1. The summed E-state index contributed by atoms with van der Waals surface area (Å²) >= 11 is 0. The van der Waals surface area contributed by atoms with E-state index >= 15 is 0 Å². The van der Waals surface area contributed by atoms with E-state index in [-0.39, 0.29) is 12.2 Å². The molecule has 108 valence electrons. The van der Waals surface area contributed by atoms with Gasteiger partial charge >= 0.3 is 5.97 Å². The minimum atomic E-state index is -0.677. The van der Waals surface area contributed by atoms with E-state index in [2.05, 4.69) is 15.1 Å². The number of H-pyrrole nitrogens is 1. The van der Waals surface area contributed by atoms with Gasteiger partial charge in [-0.1, -0.05) is 0 Å². The predicted molar refractivity (Wildman–Crippen MR) is 76.5 cm³/mol. The Labute approximate surface area is 119 Å². The molecule has 3 heterocycles. The molecule has 0 saturated carbocycles. The average molecular weight is 286 g/mol. The quantitative estimate of drug-likeness (QED) is 0.718. The maximum Gasteiger partial charge on any atom is 0.345 e. The van der Waals surface area contributed by atoms with Gasteiger partial charge in [0.1, 0.15) is 5.56 Å². The van der Waals surface area contributed by atoms with E-state index in [9.17, 15) is 9.59 Å². The standard InChI is InChI=1S/C14H14N4O3/c1-4-21-14(20)9-6-15-12-10-7(2)5-8(3)16-11(10)17-18(12)13(9)19/h5-6H,4H2,1-3H3,(H,16,17). The highest BCUT2D eigenvalue weighted by Crippen LogP contribution is 2.20. The third kappa shape index (κ3) is 1.97. The second-order valence-electron chi connectivity index (χ2n) is 4.77. The van der Waals surface area contributed by atoms with Gasteiger partial charge in [0.05, 0.1) is 12.0 Å². The van der Waals surface area contributed by atoms with E-state index in [1.165, 1.54) is 10.7 Å². The fourth-order valence-corrected chi connectivity index (χ4v) is 2.39. The molecular formula is C14H14N4O3. The summed E-state index contributed by atoms with van der Waals surface area (Å²) in [6.07, 6.45) is 1.25. The van der Waals surface area contributed by atoms with Gasteiger partial charge in [0.2, 0.25) is 0 Å².